The summed E-state index contributed by atoms with van der Waals surface area (Å²) < 4.78 is 22.2. The first-order chi connectivity index (χ1) is 17.0. The van der Waals surface area contributed by atoms with E-state index in [4.69, 9.17) is 18.9 Å². The number of methoxy groups -OCH3 is 2. The number of nitrogens with zero attached hydrogens (tertiary/aromatic N) is 2. The van der Waals surface area contributed by atoms with Gasteiger partial charge < -0.3 is 24.1 Å². The number of ketones is 1. The predicted octanol–water partition coefficient (Wildman–Crippen LogP) is 3.50. The second-order valence-corrected chi connectivity index (χ2v) is 7.80. The van der Waals surface area contributed by atoms with Gasteiger partial charge in [0.25, 0.3) is 5.78 Å². The number of anilines is 1. The maximum absolute atomic E-state index is 13.4. The summed E-state index contributed by atoms with van der Waals surface area (Å²) in [6.45, 7) is 0.783. The molecule has 178 valence electrons. The molecule has 1 saturated heterocycles. The summed E-state index contributed by atoms with van der Waals surface area (Å²) >= 11 is 0. The lowest BCUT2D eigenvalue weighted by atomic mass is 9.94. The van der Waals surface area contributed by atoms with Crippen molar-refractivity contribution in [2.75, 3.05) is 32.3 Å². The number of fused-ring (bicyclic) bond motifs is 1. The summed E-state index contributed by atoms with van der Waals surface area (Å²) in [5.41, 5.74) is 0.653. The highest BCUT2D eigenvalue weighted by Crippen LogP contribution is 2.47. The predicted molar refractivity (Wildman–Crippen MR) is 126 cm³/mol. The fraction of sp³-hybridized carbons (Fsp3) is 0.192. The van der Waals surface area contributed by atoms with Gasteiger partial charge in [0.2, 0.25) is 0 Å². The average molecular weight is 474 g/mol. The number of aliphatic hydroxyl groups is 1. The number of benzene rings is 2. The Morgan fingerprint density at radius 2 is 1.80 bits per heavy atom. The summed E-state index contributed by atoms with van der Waals surface area (Å²) in [5, 5.41) is 11.4. The van der Waals surface area contributed by atoms with Gasteiger partial charge in [0.05, 0.1) is 19.8 Å². The Kier molecular flexibility index (Phi) is 5.74. The van der Waals surface area contributed by atoms with Crippen LogP contribution in [0.15, 0.2) is 66.4 Å². The van der Waals surface area contributed by atoms with E-state index in [-0.39, 0.29) is 17.2 Å². The quantitative estimate of drug-likeness (QED) is 0.340. The molecule has 0 saturated carbocycles. The number of rotatable bonds is 5. The molecule has 0 aliphatic carbocycles. The number of Topliss-reactive ketones (excluding diaryl/α,β-unsaturated/α-hetero) is 1. The molecule has 3 heterocycles. The zero-order valence-electron chi connectivity index (χ0n) is 19.1. The molecule has 9 nitrogen and oxygen atoms in total. The highest BCUT2D eigenvalue weighted by molar-refractivity contribution is 6.51. The first kappa shape index (κ1) is 22.3. The monoisotopic (exact) mass is 474 g/mol. The van der Waals surface area contributed by atoms with E-state index in [1.54, 1.807) is 54.6 Å². The van der Waals surface area contributed by atoms with Gasteiger partial charge in [-0.15, -0.1) is 0 Å². The van der Waals surface area contributed by atoms with Crippen LogP contribution in [0.3, 0.4) is 0 Å². The molecule has 3 aromatic rings. The highest BCUT2D eigenvalue weighted by atomic mass is 16.6. The number of aliphatic hydroxyl groups excluding tert-OH is 1. The fourth-order valence-corrected chi connectivity index (χ4v) is 4.33. The minimum atomic E-state index is -1.02. The van der Waals surface area contributed by atoms with Gasteiger partial charge in [-0.25, -0.2) is 4.98 Å². The number of para-hydroxylation sites is 1. The normalized spacial score (nSPS) is 18.5. The van der Waals surface area contributed by atoms with Crippen LogP contribution in [0.5, 0.6) is 23.0 Å². The summed E-state index contributed by atoms with van der Waals surface area (Å²) in [6.07, 6.45) is 1.52. The molecule has 1 unspecified atom stereocenters. The number of carbonyl (C=O) groups excluding carboxylic acids is 2. The Morgan fingerprint density at radius 3 is 2.51 bits per heavy atom. The lowest BCUT2D eigenvalue weighted by Crippen LogP contribution is -2.30. The SMILES string of the molecule is COc1cccc(C2C(=C(O)c3ccc4c(c3)OCCO4)C(=O)C(=O)N2c2ccccn2)c1OC. The van der Waals surface area contributed by atoms with Gasteiger partial charge in [-0.2, -0.15) is 0 Å². The van der Waals surface area contributed by atoms with Crippen LogP contribution in [0.1, 0.15) is 17.2 Å². The van der Waals surface area contributed by atoms with Gasteiger partial charge in [-0.3, -0.25) is 14.5 Å². The van der Waals surface area contributed by atoms with Gasteiger partial charge in [0, 0.05) is 17.3 Å². The maximum Gasteiger partial charge on any atom is 0.301 e. The molecule has 0 bridgehead atoms. The van der Waals surface area contributed by atoms with Crippen molar-refractivity contribution in [3.8, 4) is 23.0 Å². The second kappa shape index (κ2) is 9.02. The van der Waals surface area contributed by atoms with Gasteiger partial charge in [0.1, 0.15) is 30.8 Å². The van der Waals surface area contributed by atoms with E-state index in [9.17, 15) is 14.7 Å². The van der Waals surface area contributed by atoms with Crippen molar-refractivity contribution in [1.82, 2.24) is 4.98 Å². The molecular formula is C26H22N2O7. The van der Waals surface area contributed by atoms with E-state index in [0.29, 0.717) is 47.3 Å². The topological polar surface area (TPSA) is 107 Å². The standard InChI is InChI=1S/C26H22N2O7/c1-32-18-7-5-6-16(25(18)33-2)22-21(24(30)26(31)28(22)20-8-3-4-11-27-20)23(29)15-9-10-17-19(14-15)35-13-12-34-17/h3-11,14,22,29H,12-13H2,1-2H3. The maximum atomic E-state index is 13.4. The molecule has 1 amide bonds. The third kappa shape index (κ3) is 3.71. The number of amides is 1. The van der Waals surface area contributed by atoms with Gasteiger partial charge in [-0.05, 0) is 36.4 Å². The van der Waals surface area contributed by atoms with Crippen LogP contribution in [-0.4, -0.2) is 49.2 Å². The minimum Gasteiger partial charge on any atom is -0.507 e. The Hall–Kier alpha value is -4.53. The second-order valence-electron chi connectivity index (χ2n) is 7.80. The lowest BCUT2D eigenvalue weighted by Gasteiger charge is -2.26. The number of hydrogen-bond donors (Lipinski definition) is 1. The molecule has 9 heteroatoms. The van der Waals surface area contributed by atoms with Crippen molar-refractivity contribution in [3.63, 3.8) is 0 Å². The van der Waals surface area contributed by atoms with Crippen LogP contribution in [0.2, 0.25) is 0 Å². The largest absolute Gasteiger partial charge is 0.507 e. The molecule has 2 aromatic carbocycles. The molecular weight excluding hydrogens is 452 g/mol. The van der Waals surface area contributed by atoms with Crippen molar-refractivity contribution in [3.05, 3.63) is 77.5 Å². The van der Waals surface area contributed by atoms with E-state index in [0.717, 1.165) is 0 Å². The van der Waals surface area contributed by atoms with Crippen LogP contribution < -0.4 is 23.8 Å². The van der Waals surface area contributed by atoms with Crippen LogP contribution >= 0.6 is 0 Å². The van der Waals surface area contributed by atoms with Gasteiger partial charge in [0.15, 0.2) is 23.0 Å². The smallest absolute Gasteiger partial charge is 0.301 e. The third-order valence-electron chi connectivity index (χ3n) is 5.88. The zero-order valence-corrected chi connectivity index (χ0v) is 19.1. The van der Waals surface area contributed by atoms with Crippen molar-refractivity contribution in [2.24, 2.45) is 0 Å². The van der Waals surface area contributed by atoms with Crippen molar-refractivity contribution in [2.45, 2.75) is 6.04 Å². The molecule has 1 fully saturated rings. The molecule has 35 heavy (non-hydrogen) atoms. The Labute approximate surface area is 201 Å². The molecule has 1 N–H and O–H groups in total. The number of hydrogen-bond acceptors (Lipinski definition) is 8. The zero-order chi connectivity index (χ0) is 24.5. The first-order valence-corrected chi connectivity index (χ1v) is 10.9. The number of carbonyl (C=O) groups is 2. The molecule has 0 radical (unpaired) electrons. The van der Waals surface area contributed by atoms with E-state index in [1.807, 2.05) is 0 Å². The first-order valence-electron chi connectivity index (χ1n) is 10.9. The Bertz CT molecular complexity index is 1340. The van der Waals surface area contributed by atoms with Crippen LogP contribution in [0.4, 0.5) is 5.82 Å². The summed E-state index contributed by atoms with van der Waals surface area (Å²) in [7, 11) is 2.96. The average Bonchev–Trinajstić information content (AvgIpc) is 3.17. The molecule has 2 aliphatic rings. The number of ether oxygens (including phenoxy) is 4. The Morgan fingerprint density at radius 1 is 1.00 bits per heavy atom. The van der Waals surface area contributed by atoms with Gasteiger partial charge in [-0.1, -0.05) is 18.2 Å². The van der Waals surface area contributed by atoms with Gasteiger partial charge >= 0.3 is 5.91 Å². The van der Waals surface area contributed by atoms with E-state index < -0.39 is 17.7 Å². The molecule has 5 rings (SSSR count). The van der Waals surface area contributed by atoms with Crippen LogP contribution in [0.25, 0.3) is 5.76 Å². The van der Waals surface area contributed by atoms with Crippen molar-refractivity contribution in [1.29, 1.82) is 0 Å². The lowest BCUT2D eigenvalue weighted by molar-refractivity contribution is -0.132. The molecule has 2 aliphatic heterocycles. The van der Waals surface area contributed by atoms with E-state index in [1.165, 1.54) is 25.3 Å². The summed E-state index contributed by atoms with van der Waals surface area (Å²) in [4.78, 5) is 32.2. The van der Waals surface area contributed by atoms with E-state index >= 15 is 0 Å². The van der Waals surface area contributed by atoms with E-state index in [2.05, 4.69) is 4.98 Å². The Balaban J connectivity index is 1.75. The third-order valence-corrected chi connectivity index (χ3v) is 5.88. The minimum absolute atomic E-state index is 0.108. The van der Waals surface area contributed by atoms with Crippen LogP contribution in [0, 0.1) is 0 Å². The molecule has 1 atom stereocenters. The summed E-state index contributed by atoms with van der Waals surface area (Å²) in [5.74, 6) is -0.0516. The molecule has 1 aromatic heterocycles. The number of aromatic nitrogens is 1. The number of pyridine rings is 1. The van der Waals surface area contributed by atoms with Crippen LogP contribution in [-0.2, 0) is 9.59 Å². The summed E-state index contributed by atoms with van der Waals surface area (Å²) in [6, 6.07) is 14.0. The molecule has 0 spiro atoms. The highest BCUT2D eigenvalue weighted by Gasteiger charge is 2.48. The van der Waals surface area contributed by atoms with Crippen molar-refractivity contribution >= 4 is 23.3 Å². The van der Waals surface area contributed by atoms with Crippen molar-refractivity contribution < 1.29 is 33.6 Å². The fourth-order valence-electron chi connectivity index (χ4n) is 4.33.